The highest BCUT2D eigenvalue weighted by Crippen LogP contribution is 2.22. The van der Waals surface area contributed by atoms with E-state index in [1.54, 1.807) is 12.1 Å². The number of carboxylic acid groups (broad SMARTS) is 1. The molecule has 1 heterocycles. The molecule has 1 aromatic rings. The molecule has 102 valence electrons. The second kappa shape index (κ2) is 4.99. The van der Waals surface area contributed by atoms with Gasteiger partial charge in [-0.3, -0.25) is 14.5 Å². The Morgan fingerprint density at radius 3 is 2.63 bits per heavy atom. The number of carbonyl (C=O) groups excluding carboxylic acids is 1. The monoisotopic (exact) mass is 263 g/mol. The molecule has 6 nitrogen and oxygen atoms in total. The van der Waals surface area contributed by atoms with Crippen molar-refractivity contribution in [2.24, 2.45) is 11.5 Å². The zero-order valence-corrected chi connectivity index (χ0v) is 10.5. The molecule has 1 atom stereocenters. The van der Waals surface area contributed by atoms with Crippen LogP contribution in [0.25, 0.3) is 0 Å². The Hall–Kier alpha value is -1.92. The van der Waals surface area contributed by atoms with Crippen molar-refractivity contribution in [2.75, 3.05) is 13.1 Å². The molecule has 5 N–H and O–H groups in total. The Balaban J connectivity index is 2.12. The van der Waals surface area contributed by atoms with Crippen molar-refractivity contribution in [3.8, 4) is 0 Å². The fourth-order valence-electron chi connectivity index (χ4n) is 2.36. The Morgan fingerprint density at radius 2 is 2.05 bits per heavy atom. The van der Waals surface area contributed by atoms with Crippen LogP contribution in [0.15, 0.2) is 24.3 Å². The molecule has 0 aromatic heterocycles. The zero-order chi connectivity index (χ0) is 14.0. The smallest absolute Gasteiger partial charge is 0.325 e. The van der Waals surface area contributed by atoms with Crippen molar-refractivity contribution in [3.05, 3.63) is 35.4 Å². The molecule has 0 bridgehead atoms. The minimum atomic E-state index is -1.19. The van der Waals surface area contributed by atoms with E-state index in [0.717, 1.165) is 5.56 Å². The number of likely N-dealkylation sites (tertiary alicyclic amines) is 1. The van der Waals surface area contributed by atoms with Gasteiger partial charge in [0.05, 0.1) is 0 Å². The summed E-state index contributed by atoms with van der Waals surface area (Å²) in [5.74, 6) is -1.47. The first kappa shape index (κ1) is 13.5. The average Bonchev–Trinajstić information content (AvgIpc) is 2.73. The summed E-state index contributed by atoms with van der Waals surface area (Å²) < 4.78 is 0. The topological polar surface area (TPSA) is 110 Å². The predicted molar refractivity (Wildman–Crippen MR) is 69.4 cm³/mol. The van der Waals surface area contributed by atoms with Gasteiger partial charge in [-0.05, 0) is 18.1 Å². The zero-order valence-electron chi connectivity index (χ0n) is 10.5. The molecule has 1 amide bonds. The molecule has 1 saturated heterocycles. The van der Waals surface area contributed by atoms with Crippen LogP contribution in [0.1, 0.15) is 22.3 Å². The number of amides is 1. The molecule has 0 aliphatic carbocycles. The second-order valence-corrected chi connectivity index (χ2v) is 4.94. The quantitative estimate of drug-likeness (QED) is 0.695. The summed E-state index contributed by atoms with van der Waals surface area (Å²) in [6, 6.07) is 7.06. The van der Waals surface area contributed by atoms with Crippen LogP contribution >= 0.6 is 0 Å². The van der Waals surface area contributed by atoms with Gasteiger partial charge in [0.25, 0.3) is 0 Å². The summed E-state index contributed by atoms with van der Waals surface area (Å²) in [6.45, 7) is 1.34. The van der Waals surface area contributed by atoms with Crippen LogP contribution < -0.4 is 11.5 Å². The van der Waals surface area contributed by atoms with Crippen LogP contribution in [0.3, 0.4) is 0 Å². The predicted octanol–water partition coefficient (Wildman–Crippen LogP) is -0.227. The number of nitrogens with zero attached hydrogens (tertiary/aromatic N) is 1. The van der Waals surface area contributed by atoms with Crippen LogP contribution in [0.4, 0.5) is 0 Å². The average molecular weight is 263 g/mol. The lowest BCUT2D eigenvalue weighted by atomic mass is 10.0. The summed E-state index contributed by atoms with van der Waals surface area (Å²) in [7, 11) is 0. The van der Waals surface area contributed by atoms with E-state index in [4.69, 9.17) is 16.6 Å². The summed E-state index contributed by atoms with van der Waals surface area (Å²) in [4.78, 5) is 24.3. The fourth-order valence-corrected chi connectivity index (χ4v) is 2.36. The van der Waals surface area contributed by atoms with Crippen molar-refractivity contribution >= 4 is 11.9 Å². The van der Waals surface area contributed by atoms with E-state index < -0.39 is 17.4 Å². The first-order chi connectivity index (χ1) is 8.92. The van der Waals surface area contributed by atoms with Gasteiger partial charge in [0.2, 0.25) is 5.91 Å². The third-order valence-electron chi connectivity index (χ3n) is 3.48. The van der Waals surface area contributed by atoms with E-state index in [1.807, 2.05) is 17.0 Å². The van der Waals surface area contributed by atoms with Gasteiger partial charge in [-0.25, -0.2) is 0 Å². The molecule has 6 heteroatoms. The molecule has 0 radical (unpaired) electrons. The Kier molecular flexibility index (Phi) is 3.55. The largest absolute Gasteiger partial charge is 0.480 e. The van der Waals surface area contributed by atoms with Gasteiger partial charge in [0.1, 0.15) is 5.54 Å². The number of hydrogen-bond donors (Lipinski definition) is 3. The van der Waals surface area contributed by atoms with Crippen molar-refractivity contribution < 1.29 is 14.7 Å². The first-order valence-corrected chi connectivity index (χ1v) is 6.05. The maximum atomic E-state index is 11.3. The number of aliphatic carboxylic acids is 1. The summed E-state index contributed by atoms with van der Waals surface area (Å²) in [6.07, 6.45) is 0.404. The lowest BCUT2D eigenvalue weighted by Crippen LogP contribution is -2.50. The molecule has 1 aliphatic rings. The lowest BCUT2D eigenvalue weighted by molar-refractivity contribution is -0.142. The van der Waals surface area contributed by atoms with Crippen LogP contribution in [0.5, 0.6) is 0 Å². The SMILES string of the molecule is NC(=O)c1ccccc1CN1CCC(N)(C(=O)O)C1. The Morgan fingerprint density at radius 1 is 1.37 bits per heavy atom. The lowest BCUT2D eigenvalue weighted by Gasteiger charge is -2.20. The molecule has 0 spiro atoms. The summed E-state index contributed by atoms with van der Waals surface area (Å²) >= 11 is 0. The minimum absolute atomic E-state index is 0.273. The summed E-state index contributed by atoms with van der Waals surface area (Å²) in [5.41, 5.74) is 11.2. The Labute approximate surface area is 111 Å². The maximum Gasteiger partial charge on any atom is 0.325 e. The number of carbonyl (C=O) groups is 2. The van der Waals surface area contributed by atoms with Gasteiger partial charge in [-0.1, -0.05) is 18.2 Å². The van der Waals surface area contributed by atoms with Crippen molar-refractivity contribution in [1.29, 1.82) is 0 Å². The van der Waals surface area contributed by atoms with E-state index in [9.17, 15) is 9.59 Å². The van der Waals surface area contributed by atoms with Crippen LogP contribution in [-0.2, 0) is 11.3 Å². The highest BCUT2D eigenvalue weighted by atomic mass is 16.4. The highest BCUT2D eigenvalue weighted by molar-refractivity contribution is 5.94. The van der Waals surface area contributed by atoms with Crippen molar-refractivity contribution in [3.63, 3.8) is 0 Å². The van der Waals surface area contributed by atoms with Crippen molar-refractivity contribution in [1.82, 2.24) is 4.90 Å². The molecular formula is C13H17N3O3. The fraction of sp³-hybridized carbons (Fsp3) is 0.385. The minimum Gasteiger partial charge on any atom is -0.480 e. The number of rotatable bonds is 4. The number of primary amides is 1. The van der Waals surface area contributed by atoms with Crippen LogP contribution in [0.2, 0.25) is 0 Å². The Bertz CT molecular complexity index is 518. The van der Waals surface area contributed by atoms with Crippen LogP contribution in [0, 0.1) is 0 Å². The van der Waals surface area contributed by atoms with E-state index in [0.29, 0.717) is 25.1 Å². The van der Waals surface area contributed by atoms with E-state index >= 15 is 0 Å². The number of nitrogens with two attached hydrogens (primary N) is 2. The summed E-state index contributed by atoms with van der Waals surface area (Å²) in [5, 5.41) is 9.07. The number of carboxylic acids is 1. The van der Waals surface area contributed by atoms with Gasteiger partial charge < -0.3 is 16.6 Å². The molecule has 0 saturated carbocycles. The molecule has 1 aliphatic heterocycles. The number of hydrogen-bond acceptors (Lipinski definition) is 4. The van der Waals surface area contributed by atoms with E-state index in [1.165, 1.54) is 0 Å². The second-order valence-electron chi connectivity index (χ2n) is 4.94. The molecule has 19 heavy (non-hydrogen) atoms. The third-order valence-corrected chi connectivity index (χ3v) is 3.48. The normalized spacial score (nSPS) is 23.4. The van der Waals surface area contributed by atoms with E-state index in [2.05, 4.69) is 0 Å². The van der Waals surface area contributed by atoms with Gasteiger partial charge in [-0.15, -0.1) is 0 Å². The molecule has 2 rings (SSSR count). The molecular weight excluding hydrogens is 246 g/mol. The standard InChI is InChI=1S/C13H17N3O3/c14-11(17)10-4-2-1-3-9(10)7-16-6-5-13(15,8-16)12(18)19/h1-4H,5-8,15H2,(H2,14,17)(H,18,19). The van der Waals surface area contributed by atoms with Gasteiger partial charge in [-0.2, -0.15) is 0 Å². The van der Waals surface area contributed by atoms with Gasteiger partial charge in [0.15, 0.2) is 0 Å². The first-order valence-electron chi connectivity index (χ1n) is 6.05. The molecule has 1 fully saturated rings. The highest BCUT2D eigenvalue weighted by Gasteiger charge is 2.41. The van der Waals surface area contributed by atoms with Crippen LogP contribution in [-0.4, -0.2) is 40.5 Å². The van der Waals surface area contributed by atoms with E-state index in [-0.39, 0.29) is 6.54 Å². The number of benzene rings is 1. The molecule has 1 aromatic carbocycles. The third kappa shape index (κ3) is 2.74. The van der Waals surface area contributed by atoms with Crippen molar-refractivity contribution in [2.45, 2.75) is 18.5 Å². The van der Waals surface area contributed by atoms with Gasteiger partial charge in [0, 0.05) is 25.2 Å². The maximum absolute atomic E-state index is 11.3. The van der Waals surface area contributed by atoms with Gasteiger partial charge >= 0.3 is 5.97 Å². The molecule has 1 unspecified atom stereocenters.